The second kappa shape index (κ2) is 8.77. The van der Waals surface area contributed by atoms with Gasteiger partial charge in [0.2, 0.25) is 11.8 Å². The molecular formula is C26H28N4O4. The van der Waals surface area contributed by atoms with Crippen molar-refractivity contribution in [3.8, 4) is 0 Å². The molecule has 0 unspecified atom stereocenters. The number of imide groups is 2. The minimum Gasteiger partial charge on any atom is -0.289 e. The maximum atomic E-state index is 13.1. The summed E-state index contributed by atoms with van der Waals surface area (Å²) < 4.78 is 0. The predicted octanol–water partition coefficient (Wildman–Crippen LogP) is 1.89. The van der Waals surface area contributed by atoms with Crippen molar-refractivity contribution in [3.63, 3.8) is 0 Å². The SMILES string of the molecule is Cc1cccc(N2C(=O)C[C@H](N3CCN([C@H]4CC(=O)N(c5cccc(C)c5)C4=O)CC3)C2=O)c1. The third-order valence-corrected chi connectivity index (χ3v) is 7.00. The molecule has 0 N–H and O–H groups in total. The molecule has 8 heteroatoms. The van der Waals surface area contributed by atoms with Gasteiger partial charge in [0.05, 0.1) is 36.3 Å². The van der Waals surface area contributed by atoms with Gasteiger partial charge in [-0.3, -0.25) is 29.0 Å². The fourth-order valence-electron chi connectivity index (χ4n) is 5.24. The Morgan fingerprint density at radius 3 is 1.35 bits per heavy atom. The lowest BCUT2D eigenvalue weighted by atomic mass is 10.1. The van der Waals surface area contributed by atoms with E-state index in [0.717, 1.165) is 11.1 Å². The molecule has 0 aromatic heterocycles. The number of carbonyl (C=O) groups is 4. The number of carbonyl (C=O) groups excluding carboxylic acids is 4. The molecule has 2 aromatic rings. The van der Waals surface area contributed by atoms with Crippen LogP contribution in [-0.4, -0.2) is 71.7 Å². The van der Waals surface area contributed by atoms with E-state index in [9.17, 15) is 19.2 Å². The van der Waals surface area contributed by atoms with E-state index in [0.29, 0.717) is 37.6 Å². The third-order valence-electron chi connectivity index (χ3n) is 7.00. The van der Waals surface area contributed by atoms with Crippen LogP contribution in [0, 0.1) is 13.8 Å². The van der Waals surface area contributed by atoms with Gasteiger partial charge in [-0.1, -0.05) is 24.3 Å². The molecular weight excluding hydrogens is 432 g/mol. The van der Waals surface area contributed by atoms with E-state index in [-0.39, 0.29) is 36.5 Å². The minimum atomic E-state index is -0.486. The Balaban J connectivity index is 1.24. The first-order valence-electron chi connectivity index (χ1n) is 11.7. The van der Waals surface area contributed by atoms with Crippen LogP contribution in [-0.2, 0) is 19.2 Å². The maximum Gasteiger partial charge on any atom is 0.251 e. The number of nitrogens with zero attached hydrogens (tertiary/aromatic N) is 4. The van der Waals surface area contributed by atoms with Gasteiger partial charge in [-0.25, -0.2) is 9.80 Å². The molecule has 8 nitrogen and oxygen atoms in total. The first-order valence-corrected chi connectivity index (χ1v) is 11.7. The van der Waals surface area contributed by atoms with Gasteiger partial charge in [-0.2, -0.15) is 0 Å². The molecule has 176 valence electrons. The van der Waals surface area contributed by atoms with Crippen LogP contribution in [0.25, 0.3) is 0 Å². The van der Waals surface area contributed by atoms with Gasteiger partial charge in [-0.05, 0) is 49.2 Å². The molecule has 4 amide bonds. The van der Waals surface area contributed by atoms with E-state index >= 15 is 0 Å². The molecule has 3 heterocycles. The van der Waals surface area contributed by atoms with Crippen LogP contribution >= 0.6 is 0 Å². The number of amides is 4. The van der Waals surface area contributed by atoms with Crippen molar-refractivity contribution in [2.24, 2.45) is 0 Å². The summed E-state index contributed by atoms with van der Waals surface area (Å²) in [7, 11) is 0. The lowest BCUT2D eigenvalue weighted by Crippen LogP contribution is -2.56. The standard InChI is InChI=1S/C26H28N4O4/c1-17-5-3-7-19(13-17)29-23(31)15-21(25(29)33)27-9-11-28(12-10-27)22-16-24(32)30(26(22)34)20-8-4-6-18(2)14-20/h3-8,13-14,21-22H,9-12,15-16H2,1-2H3/t21-,22-/m0/s1. The normalized spacial score (nSPS) is 24.5. The van der Waals surface area contributed by atoms with Crippen molar-refractivity contribution in [2.75, 3.05) is 36.0 Å². The molecule has 3 fully saturated rings. The van der Waals surface area contributed by atoms with Crippen LogP contribution in [0.2, 0.25) is 0 Å². The molecule has 3 aliphatic rings. The quantitative estimate of drug-likeness (QED) is 0.649. The Bertz CT molecular complexity index is 1080. The van der Waals surface area contributed by atoms with Gasteiger partial charge in [0.25, 0.3) is 11.8 Å². The van der Waals surface area contributed by atoms with Crippen molar-refractivity contribution >= 4 is 35.0 Å². The average Bonchev–Trinajstić information content (AvgIpc) is 3.28. The molecule has 5 rings (SSSR count). The number of hydrogen-bond donors (Lipinski definition) is 0. The molecule has 3 saturated heterocycles. The Kier molecular flexibility index (Phi) is 5.79. The summed E-state index contributed by atoms with van der Waals surface area (Å²) in [5.41, 5.74) is 3.21. The Labute approximate surface area is 198 Å². The Morgan fingerprint density at radius 2 is 1.00 bits per heavy atom. The minimum absolute atomic E-state index is 0.161. The van der Waals surface area contributed by atoms with Gasteiger partial charge in [0, 0.05) is 26.2 Å². The second-order valence-corrected chi connectivity index (χ2v) is 9.32. The monoisotopic (exact) mass is 460 g/mol. The number of rotatable bonds is 4. The molecule has 34 heavy (non-hydrogen) atoms. The summed E-state index contributed by atoms with van der Waals surface area (Å²) >= 11 is 0. The Morgan fingerprint density at radius 1 is 0.618 bits per heavy atom. The molecule has 2 aromatic carbocycles. The topological polar surface area (TPSA) is 81.2 Å². The fraction of sp³-hybridized carbons (Fsp3) is 0.385. The van der Waals surface area contributed by atoms with Crippen molar-refractivity contribution < 1.29 is 19.2 Å². The van der Waals surface area contributed by atoms with Gasteiger partial charge in [-0.15, -0.1) is 0 Å². The smallest absolute Gasteiger partial charge is 0.251 e. The molecule has 3 aliphatic heterocycles. The number of anilines is 2. The van der Waals surface area contributed by atoms with E-state index in [1.54, 1.807) is 12.1 Å². The predicted molar refractivity (Wildman–Crippen MR) is 127 cm³/mol. The molecule has 0 saturated carbocycles. The van der Waals surface area contributed by atoms with Crippen molar-refractivity contribution in [3.05, 3.63) is 59.7 Å². The van der Waals surface area contributed by atoms with Crippen molar-refractivity contribution in [1.29, 1.82) is 0 Å². The molecule has 0 spiro atoms. The van der Waals surface area contributed by atoms with Crippen LogP contribution in [0.3, 0.4) is 0 Å². The Hall–Kier alpha value is -3.36. The number of aryl methyl sites for hydroxylation is 2. The van der Waals surface area contributed by atoms with E-state index in [1.165, 1.54) is 9.80 Å². The highest BCUT2D eigenvalue weighted by molar-refractivity contribution is 6.23. The average molecular weight is 461 g/mol. The van der Waals surface area contributed by atoms with Gasteiger partial charge in [0.15, 0.2) is 0 Å². The van der Waals surface area contributed by atoms with E-state index in [1.807, 2.05) is 60.0 Å². The fourth-order valence-corrected chi connectivity index (χ4v) is 5.24. The van der Waals surface area contributed by atoms with Gasteiger partial charge >= 0.3 is 0 Å². The number of piperazine rings is 1. The number of hydrogen-bond acceptors (Lipinski definition) is 6. The molecule has 0 aliphatic carbocycles. The maximum absolute atomic E-state index is 13.1. The second-order valence-electron chi connectivity index (χ2n) is 9.32. The summed E-state index contributed by atoms with van der Waals surface area (Å²) in [5.74, 6) is -0.759. The van der Waals surface area contributed by atoms with E-state index in [2.05, 4.69) is 0 Å². The lowest BCUT2D eigenvalue weighted by Gasteiger charge is -2.38. The summed E-state index contributed by atoms with van der Waals surface area (Å²) in [5, 5.41) is 0. The van der Waals surface area contributed by atoms with E-state index in [4.69, 9.17) is 0 Å². The van der Waals surface area contributed by atoms with E-state index < -0.39 is 12.1 Å². The summed E-state index contributed by atoms with van der Waals surface area (Å²) in [6, 6.07) is 13.8. The highest BCUT2D eigenvalue weighted by atomic mass is 16.2. The highest BCUT2D eigenvalue weighted by Crippen LogP contribution is 2.29. The third kappa shape index (κ3) is 3.93. The lowest BCUT2D eigenvalue weighted by molar-refractivity contribution is -0.126. The number of benzene rings is 2. The largest absolute Gasteiger partial charge is 0.289 e. The van der Waals surface area contributed by atoms with Crippen LogP contribution < -0.4 is 9.80 Å². The van der Waals surface area contributed by atoms with Crippen LogP contribution in [0.5, 0.6) is 0 Å². The zero-order valence-electron chi connectivity index (χ0n) is 19.4. The zero-order valence-corrected chi connectivity index (χ0v) is 19.4. The van der Waals surface area contributed by atoms with Crippen LogP contribution in [0.15, 0.2) is 48.5 Å². The summed E-state index contributed by atoms with van der Waals surface area (Å²) in [6.07, 6.45) is 0.323. The summed E-state index contributed by atoms with van der Waals surface area (Å²) in [4.78, 5) is 58.3. The first-order chi connectivity index (χ1) is 16.3. The molecule has 2 atom stereocenters. The first kappa shape index (κ1) is 22.4. The molecule has 0 bridgehead atoms. The van der Waals surface area contributed by atoms with Gasteiger partial charge < -0.3 is 0 Å². The van der Waals surface area contributed by atoms with Crippen molar-refractivity contribution in [2.45, 2.75) is 38.8 Å². The van der Waals surface area contributed by atoms with Crippen LogP contribution in [0.1, 0.15) is 24.0 Å². The van der Waals surface area contributed by atoms with Crippen LogP contribution in [0.4, 0.5) is 11.4 Å². The summed E-state index contributed by atoms with van der Waals surface area (Å²) in [6.45, 7) is 6.11. The zero-order chi connectivity index (χ0) is 24.0. The molecule has 0 radical (unpaired) electrons. The highest BCUT2D eigenvalue weighted by Gasteiger charge is 2.46. The van der Waals surface area contributed by atoms with Crippen molar-refractivity contribution in [1.82, 2.24) is 9.80 Å². The van der Waals surface area contributed by atoms with Gasteiger partial charge in [0.1, 0.15) is 0 Å².